The van der Waals surface area contributed by atoms with Crippen molar-refractivity contribution in [2.75, 3.05) is 6.54 Å². The van der Waals surface area contributed by atoms with E-state index in [2.05, 4.69) is 41.5 Å². The summed E-state index contributed by atoms with van der Waals surface area (Å²) in [7, 11) is 0. The molecule has 1 amide bonds. The van der Waals surface area contributed by atoms with Crippen molar-refractivity contribution in [3.63, 3.8) is 0 Å². The molecule has 24 heavy (non-hydrogen) atoms. The summed E-state index contributed by atoms with van der Waals surface area (Å²) in [4.78, 5) is 12.0. The van der Waals surface area contributed by atoms with Crippen LogP contribution in [0.25, 0.3) is 0 Å². The molecule has 130 valence electrons. The molecule has 1 heterocycles. The molecule has 0 saturated heterocycles. The molecule has 1 aromatic carbocycles. The lowest BCUT2D eigenvalue weighted by Gasteiger charge is -2.09. The third-order valence-corrected chi connectivity index (χ3v) is 4.71. The lowest BCUT2D eigenvalue weighted by Crippen LogP contribution is -2.31. The first-order chi connectivity index (χ1) is 11.6. The predicted molar refractivity (Wildman–Crippen MR) is 96.1 cm³/mol. The van der Waals surface area contributed by atoms with Crippen molar-refractivity contribution in [2.24, 2.45) is 0 Å². The summed E-state index contributed by atoms with van der Waals surface area (Å²) in [6.07, 6.45) is 2.74. The summed E-state index contributed by atoms with van der Waals surface area (Å²) in [6.45, 7) is 6.79. The highest BCUT2D eigenvalue weighted by atomic mass is 32.2. The second-order valence-electron chi connectivity index (χ2n) is 5.88. The van der Waals surface area contributed by atoms with Gasteiger partial charge in [-0.1, -0.05) is 62.4 Å². The van der Waals surface area contributed by atoms with Gasteiger partial charge in [0.15, 0.2) is 0 Å². The number of hydrogen-bond acceptors (Lipinski definition) is 5. The zero-order valence-corrected chi connectivity index (χ0v) is 15.3. The Morgan fingerprint density at radius 1 is 1.25 bits per heavy atom. The van der Waals surface area contributed by atoms with Gasteiger partial charge < -0.3 is 9.73 Å². The Labute approximate surface area is 147 Å². The second kappa shape index (κ2) is 9.47. The summed E-state index contributed by atoms with van der Waals surface area (Å²) in [5, 5.41) is 11.3. The average Bonchev–Trinajstić information content (AvgIpc) is 3.02. The number of nitrogens with zero attached hydrogens (tertiary/aromatic N) is 2. The minimum atomic E-state index is -0.248. The molecular weight excluding hydrogens is 322 g/mol. The first kappa shape index (κ1) is 18.5. The van der Waals surface area contributed by atoms with Gasteiger partial charge in [-0.25, -0.2) is 0 Å². The van der Waals surface area contributed by atoms with Crippen LogP contribution in [0.1, 0.15) is 51.0 Å². The van der Waals surface area contributed by atoms with Gasteiger partial charge in [0.05, 0.1) is 5.25 Å². The SMILES string of the molecule is CCCCNC(=O)C(C)Sc1nnc(CC(C)c2ccccc2)o1. The lowest BCUT2D eigenvalue weighted by molar-refractivity contribution is -0.120. The van der Waals surface area contributed by atoms with Crippen molar-refractivity contribution >= 4 is 17.7 Å². The minimum absolute atomic E-state index is 0.00542. The maximum absolute atomic E-state index is 12.0. The number of rotatable bonds is 9. The van der Waals surface area contributed by atoms with Gasteiger partial charge in [-0.3, -0.25) is 4.79 Å². The quantitative estimate of drug-likeness (QED) is 0.552. The molecule has 0 radical (unpaired) electrons. The summed E-state index contributed by atoms with van der Waals surface area (Å²) < 4.78 is 5.68. The molecule has 5 nitrogen and oxygen atoms in total. The maximum atomic E-state index is 12.0. The Morgan fingerprint density at radius 3 is 2.71 bits per heavy atom. The van der Waals surface area contributed by atoms with Crippen molar-refractivity contribution < 1.29 is 9.21 Å². The molecule has 2 atom stereocenters. The van der Waals surface area contributed by atoms with E-state index < -0.39 is 0 Å². The van der Waals surface area contributed by atoms with E-state index in [4.69, 9.17) is 4.42 Å². The summed E-state index contributed by atoms with van der Waals surface area (Å²) in [5.74, 6) is 0.914. The van der Waals surface area contributed by atoms with E-state index in [0.717, 1.165) is 12.8 Å². The molecule has 0 aliphatic rings. The van der Waals surface area contributed by atoms with Crippen LogP contribution in [-0.4, -0.2) is 27.9 Å². The topological polar surface area (TPSA) is 68.0 Å². The van der Waals surface area contributed by atoms with E-state index in [1.54, 1.807) is 0 Å². The van der Waals surface area contributed by atoms with Crippen LogP contribution >= 0.6 is 11.8 Å². The van der Waals surface area contributed by atoms with Crippen molar-refractivity contribution in [3.05, 3.63) is 41.8 Å². The molecule has 0 bridgehead atoms. The van der Waals surface area contributed by atoms with Crippen molar-refractivity contribution in [2.45, 2.75) is 56.4 Å². The second-order valence-corrected chi connectivity index (χ2v) is 7.17. The molecular formula is C18H25N3O2S. The van der Waals surface area contributed by atoms with Crippen LogP contribution in [0.4, 0.5) is 0 Å². The van der Waals surface area contributed by atoms with E-state index in [9.17, 15) is 4.79 Å². The lowest BCUT2D eigenvalue weighted by atomic mass is 9.98. The zero-order valence-electron chi connectivity index (χ0n) is 14.5. The van der Waals surface area contributed by atoms with Crippen LogP contribution in [0.2, 0.25) is 0 Å². The number of thioether (sulfide) groups is 1. The zero-order chi connectivity index (χ0) is 17.4. The van der Waals surface area contributed by atoms with Gasteiger partial charge in [-0.05, 0) is 24.8 Å². The normalized spacial score (nSPS) is 13.5. The van der Waals surface area contributed by atoms with Crippen LogP contribution in [0, 0.1) is 0 Å². The van der Waals surface area contributed by atoms with Gasteiger partial charge in [-0.15, -0.1) is 10.2 Å². The Balaban J connectivity index is 1.85. The average molecular weight is 347 g/mol. The van der Waals surface area contributed by atoms with Gasteiger partial charge in [0.1, 0.15) is 0 Å². The number of unbranched alkanes of at least 4 members (excludes halogenated alkanes) is 1. The Morgan fingerprint density at radius 2 is 2.00 bits per heavy atom. The van der Waals surface area contributed by atoms with E-state index in [0.29, 0.717) is 30.0 Å². The largest absolute Gasteiger partial charge is 0.416 e. The molecule has 1 aromatic heterocycles. The first-order valence-corrected chi connectivity index (χ1v) is 9.29. The monoisotopic (exact) mass is 347 g/mol. The van der Waals surface area contributed by atoms with Gasteiger partial charge in [0.2, 0.25) is 11.8 Å². The standard InChI is InChI=1S/C18H25N3O2S/c1-4-5-11-19-17(22)14(3)24-18-21-20-16(23-18)12-13(2)15-9-7-6-8-10-15/h6-10,13-14H,4-5,11-12H2,1-3H3,(H,19,22). The Hall–Kier alpha value is -1.82. The van der Waals surface area contributed by atoms with Crippen LogP contribution in [0.5, 0.6) is 0 Å². The van der Waals surface area contributed by atoms with Crippen LogP contribution in [0.15, 0.2) is 40.0 Å². The summed E-state index contributed by atoms with van der Waals surface area (Å²) in [5.41, 5.74) is 1.24. The molecule has 2 aromatic rings. The number of benzene rings is 1. The minimum Gasteiger partial charge on any atom is -0.416 e. The third-order valence-electron chi connectivity index (χ3n) is 3.77. The number of amides is 1. The van der Waals surface area contributed by atoms with Gasteiger partial charge in [0, 0.05) is 13.0 Å². The molecule has 1 N–H and O–H groups in total. The smallest absolute Gasteiger partial charge is 0.277 e. The van der Waals surface area contributed by atoms with Crippen LogP contribution < -0.4 is 5.32 Å². The van der Waals surface area contributed by atoms with E-state index in [-0.39, 0.29) is 11.2 Å². The maximum Gasteiger partial charge on any atom is 0.277 e. The molecule has 0 saturated carbocycles. The number of aromatic nitrogens is 2. The molecule has 0 spiro atoms. The predicted octanol–water partition coefficient (Wildman–Crippen LogP) is 3.81. The summed E-state index contributed by atoms with van der Waals surface area (Å²) >= 11 is 1.30. The molecule has 0 aliphatic heterocycles. The van der Waals surface area contributed by atoms with Gasteiger partial charge in [0.25, 0.3) is 5.22 Å². The Kier molecular flexibility index (Phi) is 7.31. The van der Waals surface area contributed by atoms with E-state index in [1.165, 1.54) is 17.3 Å². The third kappa shape index (κ3) is 5.67. The van der Waals surface area contributed by atoms with E-state index in [1.807, 2.05) is 25.1 Å². The molecule has 2 rings (SSSR count). The van der Waals surface area contributed by atoms with Crippen molar-refractivity contribution in [1.29, 1.82) is 0 Å². The highest BCUT2D eigenvalue weighted by Crippen LogP contribution is 2.24. The van der Waals surface area contributed by atoms with Gasteiger partial charge >= 0.3 is 0 Å². The fourth-order valence-corrected chi connectivity index (χ4v) is 2.99. The number of carbonyl (C=O) groups excluding carboxylic acids is 1. The summed E-state index contributed by atoms with van der Waals surface area (Å²) in [6, 6.07) is 10.3. The van der Waals surface area contributed by atoms with Crippen molar-refractivity contribution in [1.82, 2.24) is 15.5 Å². The molecule has 2 unspecified atom stereocenters. The van der Waals surface area contributed by atoms with Crippen molar-refractivity contribution in [3.8, 4) is 0 Å². The highest BCUT2D eigenvalue weighted by molar-refractivity contribution is 8.00. The highest BCUT2D eigenvalue weighted by Gasteiger charge is 2.18. The fraction of sp³-hybridized carbons (Fsp3) is 0.500. The van der Waals surface area contributed by atoms with Gasteiger partial charge in [-0.2, -0.15) is 0 Å². The first-order valence-electron chi connectivity index (χ1n) is 8.41. The fourth-order valence-electron chi connectivity index (χ4n) is 2.27. The van der Waals surface area contributed by atoms with E-state index >= 15 is 0 Å². The number of hydrogen-bond donors (Lipinski definition) is 1. The molecule has 0 fully saturated rings. The van der Waals surface area contributed by atoms with Crippen LogP contribution in [0.3, 0.4) is 0 Å². The molecule has 6 heteroatoms. The number of carbonyl (C=O) groups is 1. The van der Waals surface area contributed by atoms with Crippen LogP contribution in [-0.2, 0) is 11.2 Å². The Bertz CT molecular complexity index is 630. The molecule has 0 aliphatic carbocycles. The number of nitrogens with one attached hydrogen (secondary N) is 1.